The van der Waals surface area contributed by atoms with E-state index in [0.29, 0.717) is 18.7 Å². The minimum Gasteiger partial charge on any atom is -0.382 e. The van der Waals surface area contributed by atoms with E-state index in [2.05, 4.69) is 10.7 Å². The van der Waals surface area contributed by atoms with Crippen LogP contribution in [0.5, 0.6) is 0 Å². The molecule has 106 valence electrons. The van der Waals surface area contributed by atoms with Crippen molar-refractivity contribution >= 4 is 11.6 Å². The third-order valence-corrected chi connectivity index (χ3v) is 2.82. The first-order valence-corrected chi connectivity index (χ1v) is 5.99. The van der Waals surface area contributed by atoms with Gasteiger partial charge < -0.3 is 20.2 Å². The number of anilines is 1. The van der Waals surface area contributed by atoms with Crippen molar-refractivity contribution in [2.24, 2.45) is 5.84 Å². The van der Waals surface area contributed by atoms with Crippen molar-refractivity contribution in [1.82, 2.24) is 5.32 Å². The maximum Gasteiger partial charge on any atom is 0.251 e. The van der Waals surface area contributed by atoms with Crippen LogP contribution in [0.25, 0.3) is 0 Å². The van der Waals surface area contributed by atoms with E-state index in [9.17, 15) is 4.79 Å². The molecule has 0 aromatic heterocycles. The summed E-state index contributed by atoms with van der Waals surface area (Å²) in [5.41, 5.74) is 4.87. The van der Waals surface area contributed by atoms with Gasteiger partial charge in [0.05, 0.1) is 18.4 Å². The lowest BCUT2D eigenvalue weighted by Crippen LogP contribution is -2.35. The Morgan fingerprint density at radius 3 is 2.68 bits per heavy atom. The number of hydrazine groups is 1. The molecular formula is C13H21N3O3. The first-order chi connectivity index (χ1) is 9.12. The molecule has 4 N–H and O–H groups in total. The zero-order valence-corrected chi connectivity index (χ0v) is 11.5. The molecule has 19 heavy (non-hydrogen) atoms. The summed E-state index contributed by atoms with van der Waals surface area (Å²) in [6, 6.07) is 5.27. The van der Waals surface area contributed by atoms with Gasteiger partial charge in [-0.3, -0.25) is 10.6 Å². The molecule has 0 aliphatic rings. The summed E-state index contributed by atoms with van der Waals surface area (Å²) in [6.45, 7) is 2.72. The number of rotatable bonds is 7. The number of hydrogen-bond acceptors (Lipinski definition) is 5. The molecule has 1 amide bonds. The van der Waals surface area contributed by atoms with E-state index in [1.165, 1.54) is 0 Å². The van der Waals surface area contributed by atoms with Gasteiger partial charge in [0.25, 0.3) is 5.91 Å². The first-order valence-electron chi connectivity index (χ1n) is 5.99. The molecule has 1 atom stereocenters. The SMILES string of the molecule is COCC(CNC(=O)c1ccc(NN)c(C)c1)OC. The van der Waals surface area contributed by atoms with Gasteiger partial charge >= 0.3 is 0 Å². The zero-order valence-electron chi connectivity index (χ0n) is 11.5. The number of methoxy groups -OCH3 is 2. The highest BCUT2D eigenvalue weighted by Crippen LogP contribution is 2.15. The Hall–Kier alpha value is -1.63. The molecule has 0 heterocycles. The molecule has 0 saturated heterocycles. The van der Waals surface area contributed by atoms with Gasteiger partial charge in [-0.05, 0) is 30.7 Å². The Morgan fingerprint density at radius 1 is 1.42 bits per heavy atom. The number of nitrogens with one attached hydrogen (secondary N) is 2. The fraction of sp³-hybridized carbons (Fsp3) is 0.462. The second kappa shape index (κ2) is 7.73. The predicted octanol–water partition coefficient (Wildman–Crippen LogP) is 0.672. The molecule has 0 radical (unpaired) electrons. The number of benzene rings is 1. The van der Waals surface area contributed by atoms with Crippen molar-refractivity contribution in [2.75, 3.05) is 32.8 Å². The molecule has 0 saturated carbocycles. The van der Waals surface area contributed by atoms with E-state index < -0.39 is 0 Å². The van der Waals surface area contributed by atoms with Crippen molar-refractivity contribution in [3.05, 3.63) is 29.3 Å². The molecule has 1 rings (SSSR count). The minimum atomic E-state index is -0.153. The van der Waals surface area contributed by atoms with Crippen LogP contribution < -0.4 is 16.6 Å². The third-order valence-electron chi connectivity index (χ3n) is 2.82. The average Bonchev–Trinajstić information content (AvgIpc) is 2.42. The molecule has 0 bridgehead atoms. The molecule has 1 aromatic rings. The Bertz CT molecular complexity index is 424. The number of amides is 1. The molecule has 6 nitrogen and oxygen atoms in total. The van der Waals surface area contributed by atoms with Crippen LogP contribution >= 0.6 is 0 Å². The maximum atomic E-state index is 12.0. The summed E-state index contributed by atoms with van der Waals surface area (Å²) < 4.78 is 10.2. The Morgan fingerprint density at radius 2 is 2.16 bits per heavy atom. The normalized spacial score (nSPS) is 12.0. The molecule has 0 aliphatic carbocycles. The lowest BCUT2D eigenvalue weighted by molar-refractivity contribution is 0.0285. The van der Waals surface area contributed by atoms with Crippen molar-refractivity contribution < 1.29 is 14.3 Å². The van der Waals surface area contributed by atoms with Crippen LogP contribution in [0.2, 0.25) is 0 Å². The van der Waals surface area contributed by atoms with Crippen LogP contribution in [0.3, 0.4) is 0 Å². The Balaban J connectivity index is 2.60. The highest BCUT2D eigenvalue weighted by molar-refractivity contribution is 5.94. The summed E-state index contributed by atoms with van der Waals surface area (Å²) in [4.78, 5) is 12.0. The summed E-state index contributed by atoms with van der Waals surface area (Å²) >= 11 is 0. The highest BCUT2D eigenvalue weighted by atomic mass is 16.5. The first kappa shape index (κ1) is 15.4. The van der Waals surface area contributed by atoms with Gasteiger partial charge in [-0.15, -0.1) is 0 Å². The van der Waals surface area contributed by atoms with Crippen LogP contribution in [0.1, 0.15) is 15.9 Å². The number of carbonyl (C=O) groups excluding carboxylic acids is 1. The summed E-state index contributed by atoms with van der Waals surface area (Å²) in [7, 11) is 3.18. The van der Waals surface area contributed by atoms with Gasteiger partial charge in [-0.2, -0.15) is 0 Å². The summed E-state index contributed by atoms with van der Waals surface area (Å²) in [6.07, 6.45) is -0.153. The average molecular weight is 267 g/mol. The summed E-state index contributed by atoms with van der Waals surface area (Å²) in [5, 5.41) is 2.80. The van der Waals surface area contributed by atoms with E-state index in [4.69, 9.17) is 15.3 Å². The minimum absolute atomic E-state index is 0.148. The fourth-order valence-electron chi connectivity index (χ4n) is 1.67. The van der Waals surface area contributed by atoms with Gasteiger partial charge in [0, 0.05) is 26.3 Å². The van der Waals surface area contributed by atoms with Crippen LogP contribution in [-0.2, 0) is 9.47 Å². The molecular weight excluding hydrogens is 246 g/mol. The number of ether oxygens (including phenoxy) is 2. The van der Waals surface area contributed by atoms with Crippen molar-refractivity contribution in [3.8, 4) is 0 Å². The van der Waals surface area contributed by atoms with Crippen molar-refractivity contribution in [3.63, 3.8) is 0 Å². The summed E-state index contributed by atoms with van der Waals surface area (Å²) in [5.74, 6) is 5.20. The molecule has 0 fully saturated rings. The van der Waals surface area contributed by atoms with Crippen LogP contribution in [0.4, 0.5) is 5.69 Å². The molecule has 0 spiro atoms. The van der Waals surface area contributed by atoms with Crippen LogP contribution in [-0.4, -0.2) is 39.4 Å². The Kier molecular flexibility index (Phi) is 6.27. The monoisotopic (exact) mass is 267 g/mol. The number of carbonyl (C=O) groups is 1. The van der Waals surface area contributed by atoms with Crippen molar-refractivity contribution in [1.29, 1.82) is 0 Å². The number of nitrogen functional groups attached to an aromatic ring is 1. The Labute approximate surface area is 113 Å². The third kappa shape index (κ3) is 4.51. The van der Waals surface area contributed by atoms with E-state index in [1.54, 1.807) is 32.4 Å². The zero-order chi connectivity index (χ0) is 14.3. The van der Waals surface area contributed by atoms with Crippen LogP contribution in [0, 0.1) is 6.92 Å². The molecule has 1 aromatic carbocycles. The smallest absolute Gasteiger partial charge is 0.251 e. The van der Waals surface area contributed by atoms with Crippen molar-refractivity contribution in [2.45, 2.75) is 13.0 Å². The number of aryl methyl sites for hydroxylation is 1. The van der Waals surface area contributed by atoms with E-state index in [0.717, 1.165) is 11.3 Å². The van der Waals surface area contributed by atoms with Gasteiger partial charge in [-0.25, -0.2) is 0 Å². The molecule has 6 heteroatoms. The number of hydrogen-bond donors (Lipinski definition) is 3. The molecule has 0 aliphatic heterocycles. The number of nitrogens with two attached hydrogens (primary N) is 1. The standard InChI is InChI=1S/C13H21N3O3/c1-9-6-10(4-5-12(9)16-14)13(17)15-7-11(19-3)8-18-2/h4-6,11,16H,7-8,14H2,1-3H3,(H,15,17). The second-order valence-electron chi connectivity index (χ2n) is 4.20. The largest absolute Gasteiger partial charge is 0.382 e. The van der Waals surface area contributed by atoms with E-state index in [1.807, 2.05) is 6.92 Å². The lowest BCUT2D eigenvalue weighted by atomic mass is 10.1. The lowest BCUT2D eigenvalue weighted by Gasteiger charge is -2.15. The molecule has 1 unspecified atom stereocenters. The van der Waals surface area contributed by atoms with Crippen LogP contribution in [0.15, 0.2) is 18.2 Å². The van der Waals surface area contributed by atoms with Gasteiger partial charge in [0.2, 0.25) is 0 Å². The highest BCUT2D eigenvalue weighted by Gasteiger charge is 2.11. The fourth-order valence-corrected chi connectivity index (χ4v) is 1.67. The quantitative estimate of drug-likeness (QED) is 0.499. The second-order valence-corrected chi connectivity index (χ2v) is 4.20. The maximum absolute atomic E-state index is 12.0. The predicted molar refractivity (Wildman–Crippen MR) is 74.0 cm³/mol. The van der Waals surface area contributed by atoms with Gasteiger partial charge in [-0.1, -0.05) is 0 Å². The van der Waals surface area contributed by atoms with E-state index >= 15 is 0 Å². The van der Waals surface area contributed by atoms with Gasteiger partial charge in [0.1, 0.15) is 0 Å². The van der Waals surface area contributed by atoms with Gasteiger partial charge in [0.15, 0.2) is 0 Å². The topological polar surface area (TPSA) is 85.6 Å². The van der Waals surface area contributed by atoms with E-state index in [-0.39, 0.29) is 12.0 Å².